The van der Waals surface area contributed by atoms with Crippen LogP contribution in [0.15, 0.2) is 23.3 Å². The predicted octanol–water partition coefficient (Wildman–Crippen LogP) is 2.95. The van der Waals surface area contributed by atoms with Crippen molar-refractivity contribution in [1.29, 1.82) is 0 Å². The molecule has 104 valence electrons. The van der Waals surface area contributed by atoms with Gasteiger partial charge in [0.05, 0.1) is 12.2 Å². The molecule has 3 nitrogen and oxygen atoms in total. The van der Waals surface area contributed by atoms with Crippen LogP contribution in [0, 0.1) is 0 Å². The van der Waals surface area contributed by atoms with Crippen molar-refractivity contribution in [2.75, 3.05) is 13.2 Å². The monoisotopic (exact) mass is 262 g/mol. The largest absolute Gasteiger partial charge is 0.374 e. The zero-order valence-corrected chi connectivity index (χ0v) is 11.4. The number of ketones is 1. The standard InChI is InChI=1S/C16H22O3/c17-16-12(10-14-6-2-8-18-14)4-1-5-13(16)11-15-7-3-9-19-15/h10-11,14-15H,1-9H2/b12-10+,13-11+/t14-,15-/m0/s1. The number of hydrogen-bond donors (Lipinski definition) is 0. The van der Waals surface area contributed by atoms with Crippen LogP contribution in [-0.4, -0.2) is 31.2 Å². The van der Waals surface area contributed by atoms with Crippen molar-refractivity contribution >= 4 is 5.78 Å². The Kier molecular flexibility index (Phi) is 4.14. The number of allylic oxidation sites excluding steroid dienone is 2. The summed E-state index contributed by atoms with van der Waals surface area (Å²) in [5.74, 6) is 0.234. The molecule has 3 rings (SSSR count). The topological polar surface area (TPSA) is 35.5 Å². The number of carbonyl (C=O) groups is 1. The molecule has 0 N–H and O–H groups in total. The fraction of sp³-hybridized carbons (Fsp3) is 0.688. The minimum absolute atomic E-state index is 0.168. The number of hydrogen-bond acceptors (Lipinski definition) is 3. The van der Waals surface area contributed by atoms with Gasteiger partial charge in [-0.15, -0.1) is 0 Å². The lowest BCUT2D eigenvalue weighted by Gasteiger charge is -2.18. The van der Waals surface area contributed by atoms with Crippen LogP contribution < -0.4 is 0 Å². The molecular formula is C16H22O3. The van der Waals surface area contributed by atoms with E-state index < -0.39 is 0 Å². The third-order valence-electron chi connectivity index (χ3n) is 4.18. The van der Waals surface area contributed by atoms with E-state index in [9.17, 15) is 4.79 Å². The van der Waals surface area contributed by atoms with Crippen molar-refractivity contribution in [3.05, 3.63) is 23.3 Å². The van der Waals surface area contributed by atoms with Crippen LogP contribution in [0.3, 0.4) is 0 Å². The van der Waals surface area contributed by atoms with Gasteiger partial charge in [0.15, 0.2) is 5.78 Å². The summed E-state index contributed by atoms with van der Waals surface area (Å²) in [7, 11) is 0. The first-order valence-corrected chi connectivity index (χ1v) is 7.52. The van der Waals surface area contributed by atoms with E-state index in [2.05, 4.69) is 12.2 Å². The fourth-order valence-corrected chi connectivity index (χ4v) is 3.14. The molecule has 1 aliphatic carbocycles. The Bertz CT molecular complexity index is 360. The summed E-state index contributed by atoms with van der Waals surface area (Å²) in [4.78, 5) is 12.5. The average Bonchev–Trinajstić information content (AvgIpc) is 3.07. The van der Waals surface area contributed by atoms with Crippen LogP contribution in [0.25, 0.3) is 0 Å². The van der Waals surface area contributed by atoms with Crippen molar-refractivity contribution in [2.45, 2.75) is 57.2 Å². The van der Waals surface area contributed by atoms with E-state index in [-0.39, 0.29) is 18.0 Å². The molecule has 0 bridgehead atoms. The predicted molar refractivity (Wildman–Crippen MR) is 73.0 cm³/mol. The van der Waals surface area contributed by atoms with Gasteiger partial charge in [-0.2, -0.15) is 0 Å². The first-order chi connectivity index (χ1) is 9.33. The van der Waals surface area contributed by atoms with Crippen LogP contribution in [0.1, 0.15) is 44.9 Å². The highest BCUT2D eigenvalue weighted by Crippen LogP contribution is 2.28. The summed E-state index contributed by atoms with van der Waals surface area (Å²) in [5, 5.41) is 0. The highest BCUT2D eigenvalue weighted by Gasteiger charge is 2.24. The second kappa shape index (κ2) is 6.02. The van der Waals surface area contributed by atoms with E-state index in [1.807, 2.05) is 0 Å². The maximum atomic E-state index is 12.5. The molecule has 0 aromatic carbocycles. The fourth-order valence-electron chi connectivity index (χ4n) is 3.14. The molecule has 3 aliphatic rings. The third kappa shape index (κ3) is 3.15. The maximum absolute atomic E-state index is 12.5. The van der Waals surface area contributed by atoms with Crippen LogP contribution in [0.2, 0.25) is 0 Å². The lowest BCUT2D eigenvalue weighted by molar-refractivity contribution is -0.113. The molecule has 1 saturated carbocycles. The van der Waals surface area contributed by atoms with Crippen molar-refractivity contribution in [3.63, 3.8) is 0 Å². The molecule has 2 aliphatic heterocycles. The van der Waals surface area contributed by atoms with Crippen molar-refractivity contribution in [1.82, 2.24) is 0 Å². The van der Waals surface area contributed by atoms with Gasteiger partial charge >= 0.3 is 0 Å². The molecule has 0 spiro atoms. The van der Waals surface area contributed by atoms with Crippen LogP contribution in [-0.2, 0) is 14.3 Å². The van der Waals surface area contributed by atoms with E-state index in [0.717, 1.165) is 69.3 Å². The number of carbonyl (C=O) groups excluding carboxylic acids is 1. The van der Waals surface area contributed by atoms with E-state index in [1.165, 1.54) is 0 Å². The molecule has 0 unspecified atom stereocenters. The molecule has 3 heteroatoms. The third-order valence-corrected chi connectivity index (χ3v) is 4.18. The minimum Gasteiger partial charge on any atom is -0.374 e. The molecular weight excluding hydrogens is 240 g/mol. The van der Waals surface area contributed by atoms with Gasteiger partial charge in [-0.1, -0.05) is 0 Å². The van der Waals surface area contributed by atoms with Gasteiger partial charge in [-0.05, 0) is 68.2 Å². The van der Waals surface area contributed by atoms with E-state index in [1.54, 1.807) is 0 Å². The Hall–Kier alpha value is -0.930. The average molecular weight is 262 g/mol. The Balaban J connectivity index is 1.71. The van der Waals surface area contributed by atoms with Crippen molar-refractivity contribution in [3.8, 4) is 0 Å². The quantitative estimate of drug-likeness (QED) is 0.718. The SMILES string of the molecule is O=C1/C(=C/[C@@H]2CCCO2)CCC/C1=C\[C@@H]1CCCO1. The summed E-state index contributed by atoms with van der Waals surface area (Å²) in [5.41, 5.74) is 1.92. The van der Waals surface area contributed by atoms with E-state index in [0.29, 0.717) is 0 Å². The zero-order valence-electron chi connectivity index (χ0n) is 11.4. The molecule has 2 saturated heterocycles. The van der Waals surface area contributed by atoms with Gasteiger partial charge in [0, 0.05) is 13.2 Å². The lowest BCUT2D eigenvalue weighted by atomic mass is 9.87. The summed E-state index contributed by atoms with van der Waals surface area (Å²) >= 11 is 0. The van der Waals surface area contributed by atoms with Gasteiger partial charge in [-0.25, -0.2) is 0 Å². The summed E-state index contributed by atoms with van der Waals surface area (Å²) < 4.78 is 11.2. The minimum atomic E-state index is 0.168. The van der Waals surface area contributed by atoms with Gasteiger partial charge < -0.3 is 9.47 Å². The van der Waals surface area contributed by atoms with Gasteiger partial charge in [0.1, 0.15) is 0 Å². The molecule has 3 fully saturated rings. The number of Topliss-reactive ketones (excluding diaryl/α,β-unsaturated/α-hetero) is 1. The van der Waals surface area contributed by atoms with Crippen LogP contribution >= 0.6 is 0 Å². The lowest BCUT2D eigenvalue weighted by Crippen LogP contribution is -2.17. The second-order valence-electron chi connectivity index (χ2n) is 5.67. The highest BCUT2D eigenvalue weighted by atomic mass is 16.5. The van der Waals surface area contributed by atoms with Crippen molar-refractivity contribution in [2.24, 2.45) is 0 Å². The Labute approximate surface area is 114 Å². The van der Waals surface area contributed by atoms with Crippen LogP contribution in [0.5, 0.6) is 0 Å². The molecule has 0 radical (unpaired) electrons. The van der Waals surface area contributed by atoms with Gasteiger partial charge in [0.25, 0.3) is 0 Å². The summed E-state index contributed by atoms with van der Waals surface area (Å²) in [6.45, 7) is 1.67. The summed E-state index contributed by atoms with van der Waals surface area (Å²) in [6.07, 6.45) is 11.7. The van der Waals surface area contributed by atoms with E-state index in [4.69, 9.17) is 9.47 Å². The molecule has 0 amide bonds. The number of rotatable bonds is 2. The molecule has 2 atom stereocenters. The van der Waals surface area contributed by atoms with Crippen LogP contribution in [0.4, 0.5) is 0 Å². The Morgan fingerprint density at radius 1 is 0.842 bits per heavy atom. The second-order valence-corrected chi connectivity index (χ2v) is 5.67. The molecule has 2 heterocycles. The normalized spacial score (nSPS) is 36.5. The van der Waals surface area contributed by atoms with Crippen molar-refractivity contribution < 1.29 is 14.3 Å². The summed E-state index contributed by atoms with van der Waals surface area (Å²) in [6, 6.07) is 0. The highest BCUT2D eigenvalue weighted by molar-refractivity contribution is 6.09. The van der Waals surface area contributed by atoms with E-state index >= 15 is 0 Å². The first kappa shape index (κ1) is 13.1. The maximum Gasteiger partial charge on any atom is 0.184 e. The Morgan fingerprint density at radius 2 is 1.37 bits per heavy atom. The number of ether oxygens (including phenoxy) is 2. The first-order valence-electron chi connectivity index (χ1n) is 7.52. The Morgan fingerprint density at radius 3 is 1.79 bits per heavy atom. The smallest absolute Gasteiger partial charge is 0.184 e. The zero-order chi connectivity index (χ0) is 13.1. The van der Waals surface area contributed by atoms with Gasteiger partial charge in [-0.3, -0.25) is 4.79 Å². The molecule has 0 aromatic heterocycles. The molecule has 19 heavy (non-hydrogen) atoms. The molecule has 0 aromatic rings. The van der Waals surface area contributed by atoms with Gasteiger partial charge in [0.2, 0.25) is 0 Å².